The maximum atomic E-state index is 14.2. The van der Waals surface area contributed by atoms with Crippen molar-refractivity contribution in [2.24, 2.45) is 23.2 Å². The molecule has 0 saturated heterocycles. The van der Waals surface area contributed by atoms with E-state index in [4.69, 9.17) is 4.74 Å². The second-order valence-corrected chi connectivity index (χ2v) is 9.04. The lowest BCUT2D eigenvalue weighted by Crippen LogP contribution is -2.54. The SMILES string of the molecule is CCC(C)(C)C(=O)OC1CC2CC1C(C(F)(F)C(F)(F)S(=O)(=O)[O-])C2. The first-order valence-corrected chi connectivity index (χ1v) is 9.48. The van der Waals surface area contributed by atoms with Gasteiger partial charge in [-0.05, 0) is 45.4 Å². The van der Waals surface area contributed by atoms with Crippen molar-refractivity contribution in [1.29, 1.82) is 0 Å². The van der Waals surface area contributed by atoms with Gasteiger partial charge in [0.2, 0.25) is 0 Å². The van der Waals surface area contributed by atoms with Crippen LogP contribution in [0.4, 0.5) is 17.6 Å². The summed E-state index contributed by atoms with van der Waals surface area (Å²) in [5.41, 5.74) is -0.845. The molecule has 0 aromatic heterocycles. The zero-order valence-corrected chi connectivity index (χ0v) is 14.9. The van der Waals surface area contributed by atoms with Crippen LogP contribution in [0.25, 0.3) is 0 Å². The molecule has 2 saturated carbocycles. The molecule has 0 aromatic carbocycles. The summed E-state index contributed by atoms with van der Waals surface area (Å²) in [5.74, 6) is -9.11. The summed E-state index contributed by atoms with van der Waals surface area (Å²) < 4.78 is 92.7. The fourth-order valence-corrected chi connectivity index (χ4v) is 4.15. The molecule has 2 rings (SSSR count). The Bertz CT molecular complexity index is 646. The molecular weight excluding hydrogens is 368 g/mol. The van der Waals surface area contributed by atoms with Gasteiger partial charge in [0.25, 0.3) is 0 Å². The molecule has 4 unspecified atom stereocenters. The van der Waals surface area contributed by atoms with E-state index in [0.29, 0.717) is 6.42 Å². The molecule has 0 heterocycles. The fraction of sp³-hybridized carbons (Fsp3) is 0.933. The molecule has 2 fully saturated rings. The van der Waals surface area contributed by atoms with Gasteiger partial charge in [0.15, 0.2) is 10.1 Å². The summed E-state index contributed by atoms with van der Waals surface area (Å²) in [7, 11) is -6.52. The van der Waals surface area contributed by atoms with Gasteiger partial charge in [0.05, 0.1) is 5.41 Å². The third-order valence-corrected chi connectivity index (χ3v) is 6.52. The minimum Gasteiger partial charge on any atom is -0.743 e. The van der Waals surface area contributed by atoms with Crippen molar-refractivity contribution in [3.8, 4) is 0 Å². The van der Waals surface area contributed by atoms with Crippen LogP contribution in [0.2, 0.25) is 0 Å². The zero-order valence-electron chi connectivity index (χ0n) is 14.1. The molecule has 2 aliphatic rings. The van der Waals surface area contributed by atoms with Crippen LogP contribution in [-0.2, 0) is 19.6 Å². The number of fused-ring (bicyclic) bond motifs is 2. The smallest absolute Gasteiger partial charge is 0.396 e. The van der Waals surface area contributed by atoms with Crippen molar-refractivity contribution in [2.75, 3.05) is 0 Å². The first kappa shape index (κ1) is 20.4. The largest absolute Gasteiger partial charge is 0.743 e. The van der Waals surface area contributed by atoms with E-state index in [1.165, 1.54) is 0 Å². The topological polar surface area (TPSA) is 83.5 Å². The summed E-state index contributed by atoms with van der Waals surface area (Å²) in [6, 6.07) is 0. The van der Waals surface area contributed by atoms with Gasteiger partial charge in [0.1, 0.15) is 6.10 Å². The highest BCUT2D eigenvalue weighted by Crippen LogP contribution is 2.59. The van der Waals surface area contributed by atoms with E-state index in [-0.39, 0.29) is 25.2 Å². The van der Waals surface area contributed by atoms with E-state index in [1.54, 1.807) is 20.8 Å². The number of hydrogen-bond donors (Lipinski definition) is 0. The molecule has 5 nitrogen and oxygen atoms in total. The van der Waals surface area contributed by atoms with E-state index in [9.17, 15) is 35.3 Å². The maximum absolute atomic E-state index is 14.2. The van der Waals surface area contributed by atoms with Crippen LogP contribution in [0.15, 0.2) is 0 Å². The van der Waals surface area contributed by atoms with Crippen LogP contribution >= 0.6 is 0 Å². The number of carbonyl (C=O) groups is 1. The molecular formula is C15H21F4O5S-. The summed E-state index contributed by atoms with van der Waals surface area (Å²) in [6.45, 7) is 4.98. The lowest BCUT2D eigenvalue weighted by Gasteiger charge is -2.39. The first-order valence-electron chi connectivity index (χ1n) is 8.07. The van der Waals surface area contributed by atoms with E-state index in [2.05, 4.69) is 0 Å². The van der Waals surface area contributed by atoms with Crippen LogP contribution in [0.5, 0.6) is 0 Å². The third kappa shape index (κ3) is 3.27. The van der Waals surface area contributed by atoms with Gasteiger partial charge in [-0.2, -0.15) is 17.6 Å². The summed E-state index contributed by atoms with van der Waals surface area (Å²) in [6.07, 6.45) is -0.441. The number of ether oxygens (including phenoxy) is 1. The second-order valence-electron chi connectivity index (χ2n) is 7.62. The Labute approximate surface area is 143 Å². The monoisotopic (exact) mass is 389 g/mol. The average Bonchev–Trinajstić information content (AvgIpc) is 3.05. The van der Waals surface area contributed by atoms with Crippen molar-refractivity contribution in [3.63, 3.8) is 0 Å². The van der Waals surface area contributed by atoms with Crippen molar-refractivity contribution in [2.45, 2.75) is 63.7 Å². The lowest BCUT2D eigenvalue weighted by molar-refractivity contribution is -0.213. The minimum atomic E-state index is -6.52. The molecule has 2 aliphatic carbocycles. The van der Waals surface area contributed by atoms with Crippen LogP contribution in [0.3, 0.4) is 0 Å². The predicted octanol–water partition coefficient (Wildman–Crippen LogP) is 3.15. The molecule has 0 aromatic rings. The number of halogens is 4. The van der Waals surface area contributed by atoms with E-state index in [0.717, 1.165) is 0 Å². The number of alkyl halides is 4. The van der Waals surface area contributed by atoms with Crippen molar-refractivity contribution in [1.82, 2.24) is 0 Å². The van der Waals surface area contributed by atoms with Gasteiger partial charge in [0, 0.05) is 11.8 Å². The van der Waals surface area contributed by atoms with Crippen LogP contribution in [0, 0.1) is 23.2 Å². The highest BCUT2D eigenvalue weighted by Gasteiger charge is 2.70. The number of rotatable bonds is 6. The average molecular weight is 389 g/mol. The Morgan fingerprint density at radius 3 is 2.16 bits per heavy atom. The summed E-state index contributed by atoms with van der Waals surface area (Å²) in [4.78, 5) is 12.1. The van der Waals surface area contributed by atoms with Crippen molar-refractivity contribution in [3.05, 3.63) is 0 Å². The number of esters is 1. The number of hydrogen-bond acceptors (Lipinski definition) is 5. The van der Waals surface area contributed by atoms with Crippen LogP contribution in [-0.4, -0.2) is 36.2 Å². The minimum absolute atomic E-state index is 0.139. The molecule has 10 heteroatoms. The molecule has 4 atom stereocenters. The van der Waals surface area contributed by atoms with Gasteiger partial charge in [-0.15, -0.1) is 0 Å². The van der Waals surface area contributed by atoms with E-state index in [1.807, 2.05) is 0 Å². The van der Waals surface area contributed by atoms with Crippen LogP contribution < -0.4 is 0 Å². The predicted molar refractivity (Wildman–Crippen MR) is 77.9 cm³/mol. The Balaban J connectivity index is 2.22. The van der Waals surface area contributed by atoms with Gasteiger partial charge in [-0.1, -0.05) is 6.92 Å². The van der Waals surface area contributed by atoms with E-state index < -0.39 is 50.6 Å². The fourth-order valence-electron chi connectivity index (χ4n) is 3.66. The quantitative estimate of drug-likeness (QED) is 0.396. The Morgan fingerprint density at radius 2 is 1.72 bits per heavy atom. The molecule has 2 bridgehead atoms. The first-order chi connectivity index (χ1) is 11.1. The highest BCUT2D eigenvalue weighted by molar-refractivity contribution is 7.86. The summed E-state index contributed by atoms with van der Waals surface area (Å²) >= 11 is 0. The summed E-state index contributed by atoms with van der Waals surface area (Å²) in [5, 5.41) is -5.70. The molecule has 0 amide bonds. The molecule has 25 heavy (non-hydrogen) atoms. The van der Waals surface area contributed by atoms with Gasteiger partial charge in [-0.25, -0.2) is 8.42 Å². The Kier molecular flexibility index (Phi) is 4.96. The Morgan fingerprint density at radius 1 is 1.16 bits per heavy atom. The lowest BCUT2D eigenvalue weighted by atomic mass is 9.81. The molecule has 0 radical (unpaired) electrons. The standard InChI is InChI=1S/C15H22F4O5S/c1-4-13(2,3)12(20)24-11-7-8-5-9(11)10(6-8)14(16,17)15(18,19)25(21,22)23/h8-11H,4-7H2,1-3H3,(H,21,22,23)/p-1. The van der Waals surface area contributed by atoms with Crippen LogP contribution in [0.1, 0.15) is 46.5 Å². The molecule has 146 valence electrons. The highest BCUT2D eigenvalue weighted by atomic mass is 32.2. The maximum Gasteiger partial charge on any atom is 0.396 e. The van der Waals surface area contributed by atoms with E-state index >= 15 is 0 Å². The molecule has 0 spiro atoms. The van der Waals surface area contributed by atoms with Crippen molar-refractivity contribution < 1.29 is 40.1 Å². The molecule has 0 N–H and O–H groups in total. The Hall–Kier alpha value is -0.900. The van der Waals surface area contributed by atoms with Crippen molar-refractivity contribution >= 4 is 16.1 Å². The van der Waals surface area contributed by atoms with Gasteiger partial charge < -0.3 is 9.29 Å². The van der Waals surface area contributed by atoms with Gasteiger partial charge >= 0.3 is 17.1 Å². The third-order valence-electron chi connectivity index (χ3n) is 5.62. The normalized spacial score (nSPS) is 30.6. The van der Waals surface area contributed by atoms with Gasteiger partial charge in [-0.3, -0.25) is 4.79 Å². The second kappa shape index (κ2) is 6.07. The molecule has 0 aliphatic heterocycles. The zero-order chi connectivity index (χ0) is 19.4. The number of carbonyl (C=O) groups excluding carboxylic acids is 1.